The fourth-order valence-electron chi connectivity index (χ4n) is 2.16. The van der Waals surface area contributed by atoms with E-state index in [1.54, 1.807) is 0 Å². The molecule has 0 aliphatic carbocycles. The molecule has 2 aromatic heterocycles. The van der Waals surface area contributed by atoms with E-state index in [-0.39, 0.29) is 0 Å². The van der Waals surface area contributed by atoms with Gasteiger partial charge < -0.3 is 5.32 Å². The summed E-state index contributed by atoms with van der Waals surface area (Å²) in [4.78, 5) is 9.48. The van der Waals surface area contributed by atoms with Crippen LogP contribution in [0.25, 0.3) is 11.5 Å². The van der Waals surface area contributed by atoms with E-state index in [1.807, 2.05) is 16.9 Å². The molecule has 0 fully saturated rings. The highest BCUT2D eigenvalue weighted by molar-refractivity contribution is 14.1. The fraction of sp³-hybridized carbons (Fsp3) is 0.533. The predicted molar refractivity (Wildman–Crippen MR) is 94.5 cm³/mol. The predicted octanol–water partition coefficient (Wildman–Crippen LogP) is 3.91. The van der Waals surface area contributed by atoms with E-state index in [0.29, 0.717) is 5.92 Å². The Morgan fingerprint density at radius 3 is 2.67 bits per heavy atom. The molecule has 2 aromatic rings. The van der Waals surface area contributed by atoms with Crippen molar-refractivity contribution in [1.29, 1.82) is 0 Å². The first-order chi connectivity index (χ1) is 10.1. The van der Waals surface area contributed by atoms with Gasteiger partial charge in [0.2, 0.25) is 0 Å². The molecule has 0 saturated heterocycles. The molecule has 2 heterocycles. The molecule has 0 aliphatic heterocycles. The van der Waals surface area contributed by atoms with Crippen LogP contribution in [-0.4, -0.2) is 26.3 Å². The fourth-order valence-corrected chi connectivity index (χ4v) is 3.21. The quantitative estimate of drug-likeness (QED) is 0.749. The number of hydrogen-bond acceptors (Lipinski definition) is 4. The first kappa shape index (κ1) is 16.2. The number of hydrogen-bond donors (Lipinski definition) is 1. The van der Waals surface area contributed by atoms with Crippen LogP contribution in [-0.2, 0) is 6.54 Å². The highest BCUT2D eigenvalue weighted by atomic mass is 127. The van der Waals surface area contributed by atoms with Crippen LogP contribution in [0.4, 0.5) is 5.82 Å². The summed E-state index contributed by atoms with van der Waals surface area (Å²) in [5, 5.41) is 7.71. The van der Waals surface area contributed by atoms with Crippen molar-refractivity contribution in [2.24, 2.45) is 0 Å². The van der Waals surface area contributed by atoms with E-state index in [1.165, 1.54) is 0 Å². The summed E-state index contributed by atoms with van der Waals surface area (Å²) in [7, 11) is 0. The zero-order valence-corrected chi connectivity index (χ0v) is 15.2. The van der Waals surface area contributed by atoms with Gasteiger partial charge in [0.05, 0.1) is 9.26 Å². The van der Waals surface area contributed by atoms with Gasteiger partial charge in [-0.15, -0.1) is 0 Å². The lowest BCUT2D eigenvalue weighted by molar-refractivity contribution is 0.606. The van der Waals surface area contributed by atoms with Gasteiger partial charge in [-0.2, -0.15) is 5.10 Å². The largest absolute Gasteiger partial charge is 0.369 e. The smallest absolute Gasteiger partial charge is 0.180 e. The zero-order chi connectivity index (χ0) is 15.4. The van der Waals surface area contributed by atoms with Crippen LogP contribution in [0.1, 0.15) is 45.7 Å². The molecule has 0 unspecified atom stereocenters. The monoisotopic (exact) mass is 399 g/mol. The topological polar surface area (TPSA) is 55.6 Å². The molecule has 0 saturated carbocycles. The van der Waals surface area contributed by atoms with Crippen LogP contribution in [0.15, 0.2) is 12.3 Å². The molecular formula is C15H22IN5. The lowest BCUT2D eigenvalue weighted by atomic mass is 10.1. The van der Waals surface area contributed by atoms with Crippen molar-refractivity contribution in [1.82, 2.24) is 19.7 Å². The van der Waals surface area contributed by atoms with Gasteiger partial charge in [-0.05, 0) is 47.9 Å². The van der Waals surface area contributed by atoms with Crippen molar-refractivity contribution in [2.45, 2.75) is 46.6 Å². The summed E-state index contributed by atoms with van der Waals surface area (Å²) in [6.45, 7) is 10.3. The number of aryl methyl sites for hydroxylation is 1. The highest BCUT2D eigenvalue weighted by Crippen LogP contribution is 2.28. The Balaban J connectivity index is 2.55. The summed E-state index contributed by atoms with van der Waals surface area (Å²) < 4.78 is 3.08. The Morgan fingerprint density at radius 2 is 2.05 bits per heavy atom. The van der Waals surface area contributed by atoms with Crippen LogP contribution in [0.2, 0.25) is 0 Å². The van der Waals surface area contributed by atoms with Gasteiger partial charge in [-0.3, -0.25) is 4.68 Å². The van der Waals surface area contributed by atoms with Crippen molar-refractivity contribution >= 4 is 28.4 Å². The standard InChI is InChI=1S/C15H22IN5/c1-5-9-21-11(7-8-18-21)14-19-13(10(3)4)12(16)15(20-14)17-6-2/h7-8,10H,5-6,9H2,1-4H3,(H,17,19,20). The lowest BCUT2D eigenvalue weighted by Crippen LogP contribution is -2.11. The number of aromatic nitrogens is 4. The van der Waals surface area contributed by atoms with Gasteiger partial charge in [0, 0.05) is 19.3 Å². The third kappa shape index (κ3) is 3.53. The summed E-state index contributed by atoms with van der Waals surface area (Å²) in [6.07, 6.45) is 2.85. The van der Waals surface area contributed by atoms with E-state index < -0.39 is 0 Å². The van der Waals surface area contributed by atoms with Gasteiger partial charge in [0.15, 0.2) is 5.82 Å². The van der Waals surface area contributed by atoms with Gasteiger partial charge in [-0.25, -0.2) is 9.97 Å². The number of halogens is 1. The van der Waals surface area contributed by atoms with Crippen LogP contribution >= 0.6 is 22.6 Å². The lowest BCUT2D eigenvalue weighted by Gasteiger charge is -2.15. The van der Waals surface area contributed by atoms with Crippen molar-refractivity contribution in [3.8, 4) is 11.5 Å². The molecule has 0 aromatic carbocycles. The van der Waals surface area contributed by atoms with Gasteiger partial charge in [0.25, 0.3) is 0 Å². The van der Waals surface area contributed by atoms with E-state index in [4.69, 9.17) is 9.97 Å². The molecule has 0 atom stereocenters. The van der Waals surface area contributed by atoms with Crippen molar-refractivity contribution in [2.75, 3.05) is 11.9 Å². The van der Waals surface area contributed by atoms with E-state index >= 15 is 0 Å². The van der Waals surface area contributed by atoms with E-state index in [2.05, 4.69) is 60.7 Å². The number of nitrogens with one attached hydrogen (secondary N) is 1. The average molecular weight is 399 g/mol. The molecule has 6 heteroatoms. The third-order valence-electron chi connectivity index (χ3n) is 3.15. The zero-order valence-electron chi connectivity index (χ0n) is 13.0. The van der Waals surface area contributed by atoms with Gasteiger partial charge in [0.1, 0.15) is 11.5 Å². The Hall–Kier alpha value is -1.18. The third-order valence-corrected chi connectivity index (χ3v) is 4.21. The number of rotatable bonds is 6. The minimum absolute atomic E-state index is 0.360. The van der Waals surface area contributed by atoms with Crippen molar-refractivity contribution < 1.29 is 0 Å². The van der Waals surface area contributed by atoms with Crippen LogP contribution in [0, 0.1) is 3.57 Å². The molecule has 1 N–H and O–H groups in total. The Morgan fingerprint density at radius 1 is 1.29 bits per heavy atom. The second-order valence-corrected chi connectivity index (χ2v) is 6.30. The minimum atomic E-state index is 0.360. The van der Waals surface area contributed by atoms with Gasteiger partial charge in [-0.1, -0.05) is 20.8 Å². The van der Waals surface area contributed by atoms with Crippen molar-refractivity contribution in [3.63, 3.8) is 0 Å². The molecule has 114 valence electrons. The first-order valence-electron chi connectivity index (χ1n) is 7.41. The summed E-state index contributed by atoms with van der Waals surface area (Å²) in [5.41, 5.74) is 2.06. The van der Waals surface area contributed by atoms with E-state index in [9.17, 15) is 0 Å². The Kier molecular flexibility index (Phi) is 5.55. The summed E-state index contributed by atoms with van der Waals surface area (Å²) in [5.74, 6) is 2.02. The maximum absolute atomic E-state index is 4.78. The van der Waals surface area contributed by atoms with E-state index in [0.717, 1.165) is 46.1 Å². The Labute approximate surface area is 139 Å². The molecule has 0 spiro atoms. The molecular weight excluding hydrogens is 377 g/mol. The second-order valence-electron chi connectivity index (χ2n) is 5.22. The second kappa shape index (κ2) is 7.20. The van der Waals surface area contributed by atoms with Crippen LogP contribution in [0.5, 0.6) is 0 Å². The summed E-state index contributed by atoms with van der Waals surface area (Å²) >= 11 is 2.33. The first-order valence-corrected chi connectivity index (χ1v) is 8.49. The molecule has 5 nitrogen and oxygen atoms in total. The van der Waals surface area contributed by atoms with Crippen LogP contribution in [0.3, 0.4) is 0 Å². The highest BCUT2D eigenvalue weighted by Gasteiger charge is 2.17. The normalized spacial score (nSPS) is 11.1. The molecule has 2 rings (SSSR count). The molecule has 0 bridgehead atoms. The van der Waals surface area contributed by atoms with Crippen molar-refractivity contribution in [3.05, 3.63) is 21.5 Å². The minimum Gasteiger partial charge on any atom is -0.369 e. The Bertz CT molecular complexity index is 606. The van der Waals surface area contributed by atoms with Gasteiger partial charge >= 0.3 is 0 Å². The maximum Gasteiger partial charge on any atom is 0.180 e. The van der Waals surface area contributed by atoms with Crippen LogP contribution < -0.4 is 5.32 Å². The molecule has 21 heavy (non-hydrogen) atoms. The maximum atomic E-state index is 4.78. The molecule has 0 radical (unpaired) electrons. The SMILES string of the molecule is CCCn1nccc1-c1nc(NCC)c(I)c(C(C)C)n1. The summed E-state index contributed by atoms with van der Waals surface area (Å²) in [6, 6.07) is 1.98. The average Bonchev–Trinajstić information content (AvgIpc) is 2.89. The molecule has 0 amide bonds. The number of anilines is 1. The number of nitrogens with zero attached hydrogens (tertiary/aromatic N) is 4. The molecule has 0 aliphatic rings.